The summed E-state index contributed by atoms with van der Waals surface area (Å²) in [4.78, 5) is 16.5. The van der Waals surface area contributed by atoms with E-state index in [4.69, 9.17) is 0 Å². The van der Waals surface area contributed by atoms with Gasteiger partial charge in [-0.2, -0.15) is 0 Å². The predicted molar refractivity (Wildman–Crippen MR) is 74.6 cm³/mol. The van der Waals surface area contributed by atoms with Gasteiger partial charge in [-0.1, -0.05) is 24.3 Å². The molecule has 1 saturated heterocycles. The van der Waals surface area contributed by atoms with E-state index in [0.717, 1.165) is 45.8 Å². The number of nitrogens with one attached hydrogen (secondary N) is 1. The molecule has 4 heteroatoms. The van der Waals surface area contributed by atoms with Crippen molar-refractivity contribution >= 4 is 5.91 Å². The quantitative estimate of drug-likeness (QED) is 0.873. The van der Waals surface area contributed by atoms with Gasteiger partial charge in [0.1, 0.15) is 0 Å². The molecular formula is C15H21N3O. The Morgan fingerprint density at radius 3 is 2.37 bits per heavy atom. The first kappa shape index (κ1) is 12.6. The van der Waals surface area contributed by atoms with Crippen LogP contribution in [0.3, 0.4) is 0 Å². The zero-order chi connectivity index (χ0) is 13.1. The maximum atomic E-state index is 12.1. The van der Waals surface area contributed by atoms with Crippen molar-refractivity contribution in [3.05, 3.63) is 35.4 Å². The van der Waals surface area contributed by atoms with E-state index in [2.05, 4.69) is 34.5 Å². The Bertz CT molecular complexity index is 429. The summed E-state index contributed by atoms with van der Waals surface area (Å²) >= 11 is 0. The van der Waals surface area contributed by atoms with Crippen LogP contribution in [0.4, 0.5) is 0 Å². The molecule has 4 nitrogen and oxygen atoms in total. The van der Waals surface area contributed by atoms with E-state index in [9.17, 15) is 4.79 Å². The summed E-state index contributed by atoms with van der Waals surface area (Å²) in [6, 6.07) is 8.56. The van der Waals surface area contributed by atoms with E-state index in [1.807, 2.05) is 4.90 Å². The minimum absolute atomic E-state index is 0.303. The van der Waals surface area contributed by atoms with E-state index in [1.165, 1.54) is 11.1 Å². The van der Waals surface area contributed by atoms with E-state index in [0.29, 0.717) is 12.3 Å². The van der Waals surface area contributed by atoms with Gasteiger partial charge in [-0.15, -0.1) is 0 Å². The van der Waals surface area contributed by atoms with Crippen LogP contribution in [-0.4, -0.2) is 48.4 Å². The summed E-state index contributed by atoms with van der Waals surface area (Å²) in [5, 5.41) is 3.27. The number of carbonyl (C=O) groups excluding carboxylic acids is 1. The van der Waals surface area contributed by atoms with Gasteiger partial charge < -0.3 is 10.2 Å². The molecule has 102 valence electrons. The molecule has 2 aliphatic rings. The molecule has 1 aromatic carbocycles. The van der Waals surface area contributed by atoms with Gasteiger partial charge in [0.05, 0.1) is 0 Å². The number of fused-ring (bicyclic) bond motifs is 1. The van der Waals surface area contributed by atoms with Crippen LogP contribution in [0.5, 0.6) is 0 Å². The fourth-order valence-electron chi connectivity index (χ4n) is 2.89. The van der Waals surface area contributed by atoms with Crippen LogP contribution in [0.1, 0.15) is 17.5 Å². The van der Waals surface area contributed by atoms with Gasteiger partial charge in [0, 0.05) is 52.2 Å². The third kappa shape index (κ3) is 2.96. The monoisotopic (exact) mass is 259 g/mol. The Labute approximate surface area is 114 Å². The van der Waals surface area contributed by atoms with Crippen molar-refractivity contribution in [2.75, 3.05) is 32.7 Å². The number of piperazine rings is 1. The molecule has 2 aliphatic heterocycles. The maximum Gasteiger partial charge on any atom is 0.223 e. The number of nitrogens with zero attached hydrogens (tertiary/aromatic N) is 2. The Balaban J connectivity index is 1.47. The van der Waals surface area contributed by atoms with Crippen molar-refractivity contribution in [2.45, 2.75) is 19.5 Å². The Kier molecular flexibility index (Phi) is 3.80. The van der Waals surface area contributed by atoms with Crippen molar-refractivity contribution in [1.29, 1.82) is 0 Å². The van der Waals surface area contributed by atoms with Gasteiger partial charge in [-0.25, -0.2) is 0 Å². The first-order valence-electron chi connectivity index (χ1n) is 7.10. The lowest BCUT2D eigenvalue weighted by atomic mass is 10.1. The van der Waals surface area contributed by atoms with Gasteiger partial charge in [-0.3, -0.25) is 9.69 Å². The molecule has 0 atom stereocenters. The summed E-state index contributed by atoms with van der Waals surface area (Å²) in [5.41, 5.74) is 2.83. The van der Waals surface area contributed by atoms with Crippen molar-refractivity contribution < 1.29 is 4.79 Å². The minimum atomic E-state index is 0.303. The highest BCUT2D eigenvalue weighted by Gasteiger charge is 2.21. The van der Waals surface area contributed by atoms with Crippen molar-refractivity contribution in [3.63, 3.8) is 0 Å². The van der Waals surface area contributed by atoms with Gasteiger partial charge >= 0.3 is 0 Å². The summed E-state index contributed by atoms with van der Waals surface area (Å²) in [6.07, 6.45) is 0.647. The molecule has 0 aromatic heterocycles. The molecule has 0 saturated carbocycles. The highest BCUT2D eigenvalue weighted by Crippen LogP contribution is 2.22. The molecule has 1 amide bonds. The van der Waals surface area contributed by atoms with Crippen molar-refractivity contribution in [2.24, 2.45) is 0 Å². The second-order valence-corrected chi connectivity index (χ2v) is 5.36. The fraction of sp³-hybridized carbons (Fsp3) is 0.533. The Morgan fingerprint density at radius 2 is 1.74 bits per heavy atom. The lowest BCUT2D eigenvalue weighted by Crippen LogP contribution is -2.46. The van der Waals surface area contributed by atoms with Crippen LogP contribution < -0.4 is 5.32 Å². The van der Waals surface area contributed by atoms with Crippen molar-refractivity contribution in [3.8, 4) is 0 Å². The average Bonchev–Trinajstić information content (AvgIpc) is 2.88. The van der Waals surface area contributed by atoms with E-state index >= 15 is 0 Å². The normalized spacial score (nSPS) is 19.5. The lowest BCUT2D eigenvalue weighted by molar-refractivity contribution is -0.132. The standard InChI is InChI=1S/C15H21N3O/c19-15(18-9-6-16-7-10-18)5-8-17-11-13-3-1-2-4-14(13)12-17/h1-4,16H,5-12H2. The Hall–Kier alpha value is -1.39. The van der Waals surface area contributed by atoms with Crippen LogP contribution in [0, 0.1) is 0 Å². The van der Waals surface area contributed by atoms with E-state index in [-0.39, 0.29) is 0 Å². The summed E-state index contributed by atoms with van der Waals surface area (Å²) < 4.78 is 0. The first-order chi connectivity index (χ1) is 9.33. The molecule has 2 heterocycles. The molecule has 19 heavy (non-hydrogen) atoms. The molecule has 1 N–H and O–H groups in total. The van der Waals surface area contributed by atoms with Gasteiger partial charge in [0.15, 0.2) is 0 Å². The number of amides is 1. The zero-order valence-electron chi connectivity index (χ0n) is 11.3. The first-order valence-corrected chi connectivity index (χ1v) is 7.10. The highest BCUT2D eigenvalue weighted by atomic mass is 16.2. The van der Waals surface area contributed by atoms with Gasteiger partial charge in [-0.05, 0) is 11.1 Å². The largest absolute Gasteiger partial charge is 0.340 e. The SMILES string of the molecule is O=C(CCN1Cc2ccccc2C1)N1CCNCC1. The third-order valence-electron chi connectivity index (χ3n) is 4.02. The average molecular weight is 259 g/mol. The lowest BCUT2D eigenvalue weighted by Gasteiger charge is -2.28. The minimum Gasteiger partial charge on any atom is -0.340 e. The molecule has 0 unspecified atom stereocenters. The summed E-state index contributed by atoms with van der Waals surface area (Å²) in [7, 11) is 0. The Morgan fingerprint density at radius 1 is 1.11 bits per heavy atom. The zero-order valence-corrected chi connectivity index (χ0v) is 11.3. The van der Waals surface area contributed by atoms with Crippen LogP contribution in [0.25, 0.3) is 0 Å². The molecule has 1 fully saturated rings. The summed E-state index contributed by atoms with van der Waals surface area (Å²) in [5.74, 6) is 0.303. The third-order valence-corrected chi connectivity index (χ3v) is 4.02. The van der Waals surface area contributed by atoms with Crippen molar-refractivity contribution in [1.82, 2.24) is 15.1 Å². The number of hydrogen-bond acceptors (Lipinski definition) is 3. The van der Waals surface area contributed by atoms with Crippen LogP contribution >= 0.6 is 0 Å². The molecule has 0 bridgehead atoms. The second kappa shape index (κ2) is 5.72. The van der Waals surface area contributed by atoms with Crippen LogP contribution in [-0.2, 0) is 17.9 Å². The molecule has 0 spiro atoms. The molecule has 0 aliphatic carbocycles. The predicted octanol–water partition coefficient (Wildman–Crippen LogP) is 0.824. The number of carbonyl (C=O) groups is 1. The summed E-state index contributed by atoms with van der Waals surface area (Å²) in [6.45, 7) is 6.44. The van der Waals surface area contributed by atoms with E-state index < -0.39 is 0 Å². The second-order valence-electron chi connectivity index (χ2n) is 5.36. The number of hydrogen-bond donors (Lipinski definition) is 1. The number of rotatable bonds is 3. The van der Waals surface area contributed by atoms with Gasteiger partial charge in [0.2, 0.25) is 5.91 Å². The van der Waals surface area contributed by atoms with Crippen LogP contribution in [0.2, 0.25) is 0 Å². The fourth-order valence-corrected chi connectivity index (χ4v) is 2.89. The highest BCUT2D eigenvalue weighted by molar-refractivity contribution is 5.76. The molecule has 0 radical (unpaired) electrons. The van der Waals surface area contributed by atoms with E-state index in [1.54, 1.807) is 0 Å². The number of benzene rings is 1. The molecular weight excluding hydrogens is 238 g/mol. The molecule has 3 rings (SSSR count). The topological polar surface area (TPSA) is 35.6 Å². The van der Waals surface area contributed by atoms with Crippen LogP contribution in [0.15, 0.2) is 24.3 Å². The van der Waals surface area contributed by atoms with Gasteiger partial charge in [0.25, 0.3) is 0 Å². The molecule has 1 aromatic rings. The maximum absolute atomic E-state index is 12.1. The smallest absolute Gasteiger partial charge is 0.223 e.